The summed E-state index contributed by atoms with van der Waals surface area (Å²) < 4.78 is 16.3. The minimum Gasteiger partial charge on any atom is -0.507 e. The second kappa shape index (κ2) is 9.69. The molecule has 0 bridgehead atoms. The lowest BCUT2D eigenvalue weighted by molar-refractivity contribution is 0.101. The average molecular weight is 397 g/mol. The van der Waals surface area contributed by atoms with E-state index in [4.69, 9.17) is 14.2 Å². The smallest absolute Gasteiger partial charge is 0.231 e. The van der Waals surface area contributed by atoms with E-state index in [-0.39, 0.29) is 17.3 Å². The van der Waals surface area contributed by atoms with E-state index in [0.717, 1.165) is 11.1 Å². The number of aryl methyl sites for hydroxylation is 1. The van der Waals surface area contributed by atoms with Crippen molar-refractivity contribution in [2.75, 3.05) is 40.5 Å². The molecule has 154 valence electrons. The highest BCUT2D eigenvalue weighted by Crippen LogP contribution is 2.40. The summed E-state index contributed by atoms with van der Waals surface area (Å²) >= 11 is 0. The number of allylic oxidation sites excluding steroid dienone is 1. The van der Waals surface area contributed by atoms with E-state index >= 15 is 0 Å². The summed E-state index contributed by atoms with van der Waals surface area (Å²) in [5.74, 6) is 0.614. The number of hydrogen-bond donors (Lipinski definition) is 1. The third kappa shape index (κ3) is 5.03. The van der Waals surface area contributed by atoms with Crippen molar-refractivity contribution in [3.63, 3.8) is 0 Å². The Labute approximate surface area is 171 Å². The van der Waals surface area contributed by atoms with Crippen LogP contribution in [-0.4, -0.2) is 56.3 Å². The van der Waals surface area contributed by atoms with Crippen LogP contribution in [0, 0.1) is 6.92 Å². The van der Waals surface area contributed by atoms with E-state index in [1.54, 1.807) is 32.4 Å². The van der Waals surface area contributed by atoms with Gasteiger partial charge in [-0.1, -0.05) is 29.8 Å². The maximum atomic E-state index is 12.9. The van der Waals surface area contributed by atoms with Crippen LogP contribution < -0.4 is 4.74 Å². The molecule has 0 aromatic heterocycles. The van der Waals surface area contributed by atoms with Gasteiger partial charge < -0.3 is 19.3 Å². The summed E-state index contributed by atoms with van der Waals surface area (Å²) in [5, 5.41) is 10.5. The lowest BCUT2D eigenvalue weighted by atomic mass is 10.0. The Hall–Kier alpha value is -2.67. The maximum Gasteiger partial charge on any atom is 0.231 e. The zero-order chi connectivity index (χ0) is 20.8. The summed E-state index contributed by atoms with van der Waals surface area (Å²) in [7, 11) is 3.30. The molecule has 6 nitrogen and oxygen atoms in total. The number of ether oxygens (including phenoxy) is 3. The molecule has 0 fully saturated rings. The molecule has 29 heavy (non-hydrogen) atoms. The molecule has 0 aliphatic carbocycles. The molecule has 0 unspecified atom stereocenters. The number of ketones is 1. The highest BCUT2D eigenvalue weighted by molar-refractivity contribution is 6.15. The highest BCUT2D eigenvalue weighted by atomic mass is 16.5. The van der Waals surface area contributed by atoms with Crippen LogP contribution in [0.5, 0.6) is 11.5 Å². The van der Waals surface area contributed by atoms with Gasteiger partial charge in [-0.15, -0.1) is 0 Å². The molecule has 0 spiro atoms. The first-order valence-electron chi connectivity index (χ1n) is 9.59. The van der Waals surface area contributed by atoms with E-state index in [0.29, 0.717) is 49.7 Å². The Bertz CT molecular complexity index is 898. The molecule has 1 aliphatic rings. The quantitative estimate of drug-likeness (QED) is 0.654. The molecule has 0 amide bonds. The first-order valence-corrected chi connectivity index (χ1v) is 9.59. The number of Topliss-reactive ketones (excluding diaryl/α,β-unsaturated/α-hetero) is 1. The van der Waals surface area contributed by atoms with Gasteiger partial charge in [0.2, 0.25) is 5.78 Å². The predicted octanol–water partition coefficient (Wildman–Crippen LogP) is 3.41. The normalized spacial score (nSPS) is 14.5. The largest absolute Gasteiger partial charge is 0.507 e. The zero-order valence-corrected chi connectivity index (χ0v) is 17.1. The molecule has 3 rings (SSSR count). The standard InChI is InChI=1S/C23H27NO5/c1-16-5-4-6-17(13-16)14-21-22(26)18-7-8-20(25)19(23(18)29-21)15-24(9-11-27-2)10-12-28-3/h4-8,13-14,25H,9-12,15H2,1-3H3/b21-14-. The fourth-order valence-corrected chi connectivity index (χ4v) is 3.30. The van der Waals surface area contributed by atoms with Crippen LogP contribution in [0.3, 0.4) is 0 Å². The molecule has 1 heterocycles. The number of carbonyl (C=O) groups excluding carboxylic acids is 1. The second-order valence-electron chi connectivity index (χ2n) is 7.06. The molecule has 2 aromatic carbocycles. The number of nitrogens with zero attached hydrogens (tertiary/aromatic N) is 1. The topological polar surface area (TPSA) is 68.2 Å². The third-order valence-electron chi connectivity index (χ3n) is 4.86. The number of phenolic OH excluding ortho intramolecular Hbond substituents is 1. The molecule has 2 aromatic rings. The molecule has 0 radical (unpaired) electrons. The third-order valence-corrected chi connectivity index (χ3v) is 4.86. The van der Waals surface area contributed by atoms with Gasteiger partial charge in [0.15, 0.2) is 5.76 Å². The first-order chi connectivity index (χ1) is 14.0. The number of methoxy groups -OCH3 is 2. The van der Waals surface area contributed by atoms with E-state index in [1.807, 2.05) is 31.2 Å². The van der Waals surface area contributed by atoms with Crippen molar-refractivity contribution >= 4 is 11.9 Å². The summed E-state index contributed by atoms with van der Waals surface area (Å²) in [6, 6.07) is 11.0. The minimum absolute atomic E-state index is 0.105. The van der Waals surface area contributed by atoms with E-state index in [9.17, 15) is 9.90 Å². The van der Waals surface area contributed by atoms with Crippen molar-refractivity contribution in [1.82, 2.24) is 4.90 Å². The molecular formula is C23H27NO5. The Morgan fingerprint density at radius 2 is 1.83 bits per heavy atom. The fourth-order valence-electron chi connectivity index (χ4n) is 3.30. The van der Waals surface area contributed by atoms with Crippen molar-refractivity contribution in [1.29, 1.82) is 0 Å². The van der Waals surface area contributed by atoms with Crippen LogP contribution >= 0.6 is 0 Å². The number of fused-ring (bicyclic) bond motifs is 1. The Morgan fingerprint density at radius 1 is 1.10 bits per heavy atom. The number of carbonyl (C=O) groups is 1. The Kier molecular flexibility index (Phi) is 7.04. The van der Waals surface area contributed by atoms with Crippen molar-refractivity contribution in [3.8, 4) is 11.5 Å². The van der Waals surface area contributed by atoms with Crippen molar-refractivity contribution in [2.24, 2.45) is 0 Å². The minimum atomic E-state index is -0.178. The number of hydrogen-bond acceptors (Lipinski definition) is 6. The Balaban J connectivity index is 1.89. The zero-order valence-electron chi connectivity index (χ0n) is 17.1. The molecule has 0 atom stereocenters. The summed E-state index contributed by atoms with van der Waals surface area (Å²) in [6.45, 7) is 4.87. The van der Waals surface area contributed by atoms with Crippen LogP contribution in [0.15, 0.2) is 42.2 Å². The average Bonchev–Trinajstić information content (AvgIpc) is 3.01. The lowest BCUT2D eigenvalue weighted by Crippen LogP contribution is -2.30. The van der Waals surface area contributed by atoms with E-state index < -0.39 is 0 Å². The fraction of sp³-hybridized carbons (Fsp3) is 0.348. The van der Waals surface area contributed by atoms with Gasteiger partial charge >= 0.3 is 0 Å². The van der Waals surface area contributed by atoms with Crippen molar-refractivity contribution < 1.29 is 24.1 Å². The van der Waals surface area contributed by atoms with Gasteiger partial charge in [-0.2, -0.15) is 0 Å². The molecule has 0 saturated carbocycles. The van der Waals surface area contributed by atoms with Crippen LogP contribution in [-0.2, 0) is 16.0 Å². The van der Waals surface area contributed by atoms with Gasteiger partial charge in [0.05, 0.1) is 24.3 Å². The molecule has 1 aliphatic heterocycles. The second-order valence-corrected chi connectivity index (χ2v) is 7.06. The molecular weight excluding hydrogens is 370 g/mol. The highest BCUT2D eigenvalue weighted by Gasteiger charge is 2.31. The number of rotatable bonds is 9. The monoisotopic (exact) mass is 397 g/mol. The van der Waals surface area contributed by atoms with Crippen LogP contribution in [0.1, 0.15) is 27.0 Å². The Morgan fingerprint density at radius 3 is 2.48 bits per heavy atom. The predicted molar refractivity (Wildman–Crippen MR) is 111 cm³/mol. The number of benzene rings is 2. The molecule has 1 N–H and O–H groups in total. The maximum absolute atomic E-state index is 12.9. The van der Waals surface area contributed by atoms with Gasteiger partial charge in [0.25, 0.3) is 0 Å². The number of phenols is 1. The molecule has 0 saturated heterocycles. The summed E-state index contributed by atoms with van der Waals surface area (Å²) in [5.41, 5.74) is 3.06. The van der Waals surface area contributed by atoms with Crippen LogP contribution in [0.25, 0.3) is 6.08 Å². The SMILES string of the molecule is COCCN(CCOC)Cc1c(O)ccc2c1O/C(=C\c1cccc(C)c1)C2=O. The van der Waals surface area contributed by atoms with Crippen molar-refractivity contribution in [3.05, 3.63) is 64.4 Å². The van der Waals surface area contributed by atoms with Gasteiger partial charge in [-0.25, -0.2) is 0 Å². The van der Waals surface area contributed by atoms with E-state index in [2.05, 4.69) is 4.90 Å². The van der Waals surface area contributed by atoms with Crippen LogP contribution in [0.2, 0.25) is 0 Å². The lowest BCUT2D eigenvalue weighted by Gasteiger charge is -2.23. The number of aromatic hydroxyl groups is 1. The van der Waals surface area contributed by atoms with Gasteiger partial charge in [-0.05, 0) is 30.7 Å². The van der Waals surface area contributed by atoms with Crippen LogP contribution in [0.4, 0.5) is 0 Å². The summed E-state index contributed by atoms with van der Waals surface area (Å²) in [6.07, 6.45) is 1.74. The first kappa shape index (κ1) is 21.0. The van der Waals surface area contributed by atoms with Gasteiger partial charge in [-0.3, -0.25) is 9.69 Å². The van der Waals surface area contributed by atoms with Crippen molar-refractivity contribution in [2.45, 2.75) is 13.5 Å². The van der Waals surface area contributed by atoms with E-state index in [1.165, 1.54) is 0 Å². The van der Waals surface area contributed by atoms with Gasteiger partial charge in [0, 0.05) is 33.9 Å². The summed E-state index contributed by atoms with van der Waals surface area (Å²) in [4.78, 5) is 14.9. The van der Waals surface area contributed by atoms with Gasteiger partial charge in [0.1, 0.15) is 11.5 Å². The molecule has 6 heteroatoms.